The van der Waals surface area contributed by atoms with Crippen LogP contribution in [0.4, 0.5) is 18.9 Å². The molecule has 3 aromatic rings. The first-order chi connectivity index (χ1) is 14.6. The molecule has 0 saturated heterocycles. The summed E-state index contributed by atoms with van der Waals surface area (Å²) in [6.07, 6.45) is -2.98. The maximum absolute atomic E-state index is 13.0. The molecule has 6 nitrogen and oxygen atoms in total. The summed E-state index contributed by atoms with van der Waals surface area (Å²) < 4.78 is 40.6. The fraction of sp³-hybridized carbons (Fsp3) is 0.190. The molecule has 2 aromatic carbocycles. The summed E-state index contributed by atoms with van der Waals surface area (Å²) in [6.45, 7) is 1.56. The molecule has 0 spiro atoms. The Morgan fingerprint density at radius 1 is 1.13 bits per heavy atom. The van der Waals surface area contributed by atoms with E-state index in [1.54, 1.807) is 35.1 Å². The number of amides is 2. The number of alkyl halides is 3. The molecule has 0 fully saturated rings. The number of nitrogens with zero attached hydrogens (tertiary/aromatic N) is 3. The number of anilines is 1. The van der Waals surface area contributed by atoms with Crippen LogP contribution in [0.25, 0.3) is 5.69 Å². The second-order valence-corrected chi connectivity index (χ2v) is 7.24. The third kappa shape index (κ3) is 5.24. The van der Waals surface area contributed by atoms with Gasteiger partial charge in [0.2, 0.25) is 5.91 Å². The lowest BCUT2D eigenvalue weighted by Gasteiger charge is -2.18. The Bertz CT molecular complexity index is 1110. The van der Waals surface area contributed by atoms with Gasteiger partial charge in [0.05, 0.1) is 22.8 Å². The minimum Gasteiger partial charge on any atom is -0.332 e. The minimum atomic E-state index is -4.65. The summed E-state index contributed by atoms with van der Waals surface area (Å²) in [5, 5.41) is 6.07. The molecule has 0 unspecified atom stereocenters. The maximum Gasteiger partial charge on any atom is 0.417 e. The van der Waals surface area contributed by atoms with Gasteiger partial charge < -0.3 is 10.2 Å². The average Bonchev–Trinajstić information content (AvgIpc) is 3.14. The second kappa shape index (κ2) is 8.81. The summed E-state index contributed by atoms with van der Waals surface area (Å²) in [4.78, 5) is 26.0. The van der Waals surface area contributed by atoms with Crippen LogP contribution in [0.3, 0.4) is 0 Å². The number of hydrogen-bond acceptors (Lipinski definition) is 3. The highest BCUT2D eigenvalue weighted by Crippen LogP contribution is 2.36. The molecule has 1 N–H and O–H groups in total. The molecular formula is C21H18ClF3N4O2. The minimum absolute atomic E-state index is 0.0680. The molecule has 31 heavy (non-hydrogen) atoms. The molecule has 1 heterocycles. The number of hydrogen-bond donors (Lipinski definition) is 1. The lowest BCUT2D eigenvalue weighted by Crippen LogP contribution is -2.35. The molecule has 0 aliphatic rings. The van der Waals surface area contributed by atoms with Crippen LogP contribution in [-0.4, -0.2) is 40.1 Å². The largest absolute Gasteiger partial charge is 0.417 e. The van der Waals surface area contributed by atoms with E-state index >= 15 is 0 Å². The zero-order chi connectivity index (χ0) is 22.8. The Balaban J connectivity index is 1.64. The number of likely N-dealkylation sites (N-methyl/N-ethyl adjacent to an activating group) is 1. The van der Waals surface area contributed by atoms with Gasteiger partial charge in [-0.05, 0) is 55.5 Å². The monoisotopic (exact) mass is 450 g/mol. The molecule has 0 aliphatic carbocycles. The molecule has 2 amide bonds. The van der Waals surface area contributed by atoms with Gasteiger partial charge in [0, 0.05) is 30.2 Å². The Morgan fingerprint density at radius 3 is 2.39 bits per heavy atom. The van der Waals surface area contributed by atoms with Gasteiger partial charge >= 0.3 is 6.18 Å². The van der Waals surface area contributed by atoms with Crippen LogP contribution < -0.4 is 5.32 Å². The van der Waals surface area contributed by atoms with Crippen molar-refractivity contribution in [1.29, 1.82) is 0 Å². The van der Waals surface area contributed by atoms with Gasteiger partial charge in [-0.3, -0.25) is 9.59 Å². The van der Waals surface area contributed by atoms with E-state index in [4.69, 9.17) is 11.6 Å². The van der Waals surface area contributed by atoms with Crippen LogP contribution in [0.5, 0.6) is 0 Å². The van der Waals surface area contributed by atoms with E-state index in [2.05, 4.69) is 10.4 Å². The van der Waals surface area contributed by atoms with E-state index in [0.29, 0.717) is 5.56 Å². The number of aromatic nitrogens is 2. The molecule has 0 bridgehead atoms. The van der Waals surface area contributed by atoms with E-state index in [1.807, 2.05) is 13.0 Å². The molecule has 0 aliphatic heterocycles. The van der Waals surface area contributed by atoms with E-state index in [9.17, 15) is 22.8 Å². The van der Waals surface area contributed by atoms with E-state index < -0.39 is 28.6 Å². The third-order valence-corrected chi connectivity index (χ3v) is 4.80. The number of rotatable bonds is 5. The van der Waals surface area contributed by atoms with Crippen molar-refractivity contribution >= 4 is 29.1 Å². The predicted molar refractivity (Wildman–Crippen MR) is 110 cm³/mol. The van der Waals surface area contributed by atoms with Gasteiger partial charge in [-0.15, -0.1) is 0 Å². The standard InChI is InChI=1S/C21H18ClF3N4O2/c1-13-9-10-26-29(13)16-6-3-14(4-7-16)20(31)28(2)12-19(30)27-15-5-8-18(22)17(11-15)21(23,24)25/h3-11H,12H2,1-2H3,(H,27,30). The van der Waals surface area contributed by atoms with E-state index in [0.717, 1.165) is 23.5 Å². The lowest BCUT2D eigenvalue weighted by atomic mass is 10.1. The summed E-state index contributed by atoms with van der Waals surface area (Å²) >= 11 is 5.57. The number of halogens is 4. The number of nitrogens with one attached hydrogen (secondary N) is 1. The van der Waals surface area contributed by atoms with Gasteiger partial charge in [-0.1, -0.05) is 11.6 Å². The van der Waals surface area contributed by atoms with Crippen LogP contribution in [0.2, 0.25) is 5.02 Å². The molecule has 3 rings (SSSR count). The van der Waals surface area contributed by atoms with Gasteiger partial charge in [-0.2, -0.15) is 18.3 Å². The number of benzene rings is 2. The molecule has 0 atom stereocenters. The fourth-order valence-electron chi connectivity index (χ4n) is 2.91. The van der Waals surface area contributed by atoms with Gasteiger partial charge in [0.25, 0.3) is 5.91 Å². The van der Waals surface area contributed by atoms with Crippen molar-refractivity contribution in [3.63, 3.8) is 0 Å². The summed E-state index contributed by atoms with van der Waals surface area (Å²) in [6, 6.07) is 11.6. The Hall–Kier alpha value is -3.33. The number of carbonyl (C=O) groups is 2. The number of carbonyl (C=O) groups excluding carboxylic acids is 2. The van der Waals surface area contributed by atoms with Crippen molar-refractivity contribution in [2.45, 2.75) is 13.1 Å². The fourth-order valence-corrected chi connectivity index (χ4v) is 3.14. The van der Waals surface area contributed by atoms with Crippen molar-refractivity contribution in [3.05, 3.63) is 76.6 Å². The quantitative estimate of drug-likeness (QED) is 0.619. The number of aryl methyl sites for hydroxylation is 1. The Labute approximate surface area is 181 Å². The SMILES string of the molecule is Cc1ccnn1-c1ccc(C(=O)N(C)CC(=O)Nc2ccc(Cl)c(C(F)(F)F)c2)cc1. The third-order valence-electron chi connectivity index (χ3n) is 4.47. The first-order valence-electron chi connectivity index (χ1n) is 9.09. The second-order valence-electron chi connectivity index (χ2n) is 6.83. The van der Waals surface area contributed by atoms with Gasteiger partial charge in [0.1, 0.15) is 0 Å². The zero-order valence-corrected chi connectivity index (χ0v) is 17.3. The average molecular weight is 451 g/mol. The highest BCUT2D eigenvalue weighted by Gasteiger charge is 2.33. The predicted octanol–water partition coefficient (Wildman–Crippen LogP) is 4.56. The smallest absolute Gasteiger partial charge is 0.332 e. The van der Waals surface area contributed by atoms with E-state index in [-0.39, 0.29) is 12.2 Å². The highest BCUT2D eigenvalue weighted by atomic mass is 35.5. The van der Waals surface area contributed by atoms with Crippen molar-refractivity contribution in [1.82, 2.24) is 14.7 Å². The van der Waals surface area contributed by atoms with Gasteiger partial charge in [-0.25, -0.2) is 4.68 Å². The lowest BCUT2D eigenvalue weighted by molar-refractivity contribution is -0.137. The topological polar surface area (TPSA) is 67.2 Å². The van der Waals surface area contributed by atoms with Crippen LogP contribution in [0, 0.1) is 6.92 Å². The maximum atomic E-state index is 13.0. The molecule has 10 heteroatoms. The Kier molecular flexibility index (Phi) is 6.35. The van der Waals surface area contributed by atoms with Crippen molar-refractivity contribution in [3.8, 4) is 5.69 Å². The Morgan fingerprint density at radius 2 is 1.81 bits per heavy atom. The van der Waals surface area contributed by atoms with Crippen LogP contribution in [0.1, 0.15) is 21.6 Å². The van der Waals surface area contributed by atoms with Crippen LogP contribution in [-0.2, 0) is 11.0 Å². The first kappa shape index (κ1) is 22.4. The van der Waals surface area contributed by atoms with Crippen LogP contribution in [0.15, 0.2) is 54.7 Å². The first-order valence-corrected chi connectivity index (χ1v) is 9.47. The highest BCUT2D eigenvalue weighted by molar-refractivity contribution is 6.31. The van der Waals surface area contributed by atoms with Crippen LogP contribution >= 0.6 is 11.6 Å². The normalized spacial score (nSPS) is 11.3. The molecular weight excluding hydrogens is 433 g/mol. The van der Waals surface area contributed by atoms with Crippen molar-refractivity contribution in [2.75, 3.05) is 18.9 Å². The molecule has 0 radical (unpaired) electrons. The van der Waals surface area contributed by atoms with E-state index in [1.165, 1.54) is 18.0 Å². The van der Waals surface area contributed by atoms with Gasteiger partial charge in [0.15, 0.2) is 0 Å². The summed E-state index contributed by atoms with van der Waals surface area (Å²) in [5.74, 6) is -1.05. The summed E-state index contributed by atoms with van der Waals surface area (Å²) in [7, 11) is 1.43. The zero-order valence-electron chi connectivity index (χ0n) is 16.6. The van der Waals surface area contributed by atoms with Crippen molar-refractivity contribution < 1.29 is 22.8 Å². The molecule has 1 aromatic heterocycles. The molecule has 162 valence electrons. The summed E-state index contributed by atoms with van der Waals surface area (Å²) in [5.41, 5.74) is 0.950. The van der Waals surface area contributed by atoms with Crippen molar-refractivity contribution in [2.24, 2.45) is 0 Å². The molecule has 0 saturated carbocycles.